The van der Waals surface area contributed by atoms with E-state index in [1.165, 1.54) is 18.3 Å². The molecule has 0 aliphatic carbocycles. The van der Waals surface area contributed by atoms with Crippen LogP contribution in [0.5, 0.6) is 0 Å². The van der Waals surface area contributed by atoms with Gasteiger partial charge in [-0.1, -0.05) is 13.8 Å². The molecule has 0 saturated carbocycles. The number of imide groups is 1. The number of carbonyl (C=O) groups is 4. The van der Waals surface area contributed by atoms with E-state index >= 15 is 0 Å². The molecule has 4 amide bonds. The average Bonchev–Trinajstić information content (AvgIpc) is 3.08. The van der Waals surface area contributed by atoms with E-state index in [9.17, 15) is 23.6 Å². The maximum Gasteiger partial charge on any atom is 0.255 e. The first-order valence-electron chi connectivity index (χ1n) is 11.1. The second-order valence-corrected chi connectivity index (χ2v) is 9.57. The van der Waals surface area contributed by atoms with Crippen LogP contribution in [-0.2, 0) is 14.4 Å². The van der Waals surface area contributed by atoms with Gasteiger partial charge in [0.25, 0.3) is 5.91 Å². The van der Waals surface area contributed by atoms with Gasteiger partial charge in [0, 0.05) is 44.1 Å². The monoisotopic (exact) mass is 454 g/mol. The summed E-state index contributed by atoms with van der Waals surface area (Å²) in [6.45, 7) is 5.60. The van der Waals surface area contributed by atoms with E-state index < -0.39 is 11.8 Å². The number of nitrogens with zero attached hydrogens (tertiary/aromatic N) is 2. The van der Waals surface area contributed by atoms with Gasteiger partial charge in [-0.15, -0.1) is 0 Å². The number of hydrogen-bond acceptors (Lipinski definition) is 5. The van der Waals surface area contributed by atoms with Crippen LogP contribution in [0.2, 0.25) is 0 Å². The fourth-order valence-electron chi connectivity index (χ4n) is 4.46. The zero-order chi connectivity index (χ0) is 23.8. The third-order valence-corrected chi connectivity index (χ3v) is 6.79. The molecule has 1 aromatic heterocycles. The largest absolute Gasteiger partial charge is 0.356 e. The topological polar surface area (TPSA) is 108 Å². The van der Waals surface area contributed by atoms with E-state index in [0.717, 1.165) is 6.42 Å². The van der Waals surface area contributed by atoms with Crippen molar-refractivity contribution in [3.8, 4) is 0 Å². The van der Waals surface area contributed by atoms with E-state index in [2.05, 4.69) is 29.5 Å². The zero-order valence-corrected chi connectivity index (χ0v) is 18.7. The summed E-state index contributed by atoms with van der Waals surface area (Å²) in [5.74, 6) is -2.24. The summed E-state index contributed by atoms with van der Waals surface area (Å²) in [5, 5.41) is 5.65. The Balaban J connectivity index is 1.40. The molecule has 2 aromatic rings. The smallest absolute Gasteiger partial charge is 0.255 e. The number of nitrogens with one attached hydrogen (secondary N) is 2. The number of rotatable bonds is 5. The number of aromatic nitrogens is 1. The van der Waals surface area contributed by atoms with E-state index in [0.29, 0.717) is 36.1 Å². The Morgan fingerprint density at radius 1 is 1.27 bits per heavy atom. The van der Waals surface area contributed by atoms with Gasteiger partial charge in [-0.3, -0.25) is 29.5 Å². The van der Waals surface area contributed by atoms with Crippen LogP contribution in [0.25, 0.3) is 10.9 Å². The van der Waals surface area contributed by atoms with Crippen molar-refractivity contribution < 1.29 is 23.6 Å². The average molecular weight is 455 g/mol. The lowest BCUT2D eigenvalue weighted by Crippen LogP contribution is -2.51. The highest BCUT2D eigenvalue weighted by molar-refractivity contribution is 6.04. The van der Waals surface area contributed by atoms with E-state index in [-0.39, 0.29) is 47.7 Å². The highest BCUT2D eigenvalue weighted by Gasteiger charge is 2.38. The number of benzene rings is 1. The first-order valence-corrected chi connectivity index (χ1v) is 11.1. The number of likely N-dealkylation sites (tertiary alicyclic amines) is 1. The summed E-state index contributed by atoms with van der Waals surface area (Å²) in [6, 6.07) is 5.92. The Labute approximate surface area is 190 Å². The standard InChI is InChI=1S/C24H27FN4O4/c1-24(2)5-6-29(23(33)16-7-14-8-18(25)3-4-19(14)26-11-16)13-17(24)12-27-20(30)9-15-10-21(31)28-22(15)32/h3-4,7-8,11,15,17H,5-6,9-10,12-13H2,1-2H3,(H,27,30)(H,28,31,32). The van der Waals surface area contributed by atoms with Gasteiger partial charge in [0.2, 0.25) is 17.7 Å². The van der Waals surface area contributed by atoms with Crippen molar-refractivity contribution in [1.82, 2.24) is 20.5 Å². The van der Waals surface area contributed by atoms with Gasteiger partial charge in [-0.25, -0.2) is 4.39 Å². The number of pyridine rings is 1. The Hall–Kier alpha value is -3.36. The highest BCUT2D eigenvalue weighted by Crippen LogP contribution is 2.36. The number of fused-ring (bicyclic) bond motifs is 1. The van der Waals surface area contributed by atoms with Crippen LogP contribution in [0.15, 0.2) is 30.5 Å². The van der Waals surface area contributed by atoms with Crippen molar-refractivity contribution >= 4 is 34.5 Å². The van der Waals surface area contributed by atoms with E-state index in [1.54, 1.807) is 17.0 Å². The van der Waals surface area contributed by atoms with Crippen molar-refractivity contribution in [3.63, 3.8) is 0 Å². The molecule has 2 unspecified atom stereocenters. The molecule has 0 spiro atoms. The second-order valence-electron chi connectivity index (χ2n) is 9.57. The molecule has 2 N–H and O–H groups in total. The first kappa shape index (κ1) is 22.8. The lowest BCUT2D eigenvalue weighted by Gasteiger charge is -2.44. The van der Waals surface area contributed by atoms with Crippen LogP contribution in [-0.4, -0.2) is 53.1 Å². The third kappa shape index (κ3) is 5.02. The van der Waals surface area contributed by atoms with Crippen LogP contribution < -0.4 is 10.6 Å². The predicted molar refractivity (Wildman–Crippen MR) is 118 cm³/mol. The minimum absolute atomic E-state index is 0.00375. The summed E-state index contributed by atoms with van der Waals surface area (Å²) in [7, 11) is 0. The normalized spacial score (nSPS) is 22.3. The molecule has 3 heterocycles. The molecule has 0 radical (unpaired) electrons. The number of carbonyl (C=O) groups excluding carboxylic acids is 4. The first-order chi connectivity index (χ1) is 15.6. The number of amides is 4. The molecule has 2 aliphatic heterocycles. The molecule has 2 saturated heterocycles. The van der Waals surface area contributed by atoms with Gasteiger partial charge in [-0.05, 0) is 42.0 Å². The van der Waals surface area contributed by atoms with Crippen molar-refractivity contribution in [3.05, 3.63) is 41.8 Å². The molecule has 2 fully saturated rings. The highest BCUT2D eigenvalue weighted by atomic mass is 19.1. The minimum atomic E-state index is -0.625. The van der Waals surface area contributed by atoms with Crippen LogP contribution in [0.4, 0.5) is 4.39 Å². The van der Waals surface area contributed by atoms with Crippen LogP contribution in [0.3, 0.4) is 0 Å². The minimum Gasteiger partial charge on any atom is -0.356 e. The number of piperidine rings is 1. The van der Waals surface area contributed by atoms with Gasteiger partial charge < -0.3 is 10.2 Å². The molecule has 0 bridgehead atoms. The second kappa shape index (κ2) is 8.88. The fourth-order valence-corrected chi connectivity index (χ4v) is 4.46. The zero-order valence-electron chi connectivity index (χ0n) is 18.7. The molecule has 174 valence electrons. The predicted octanol–water partition coefficient (Wildman–Crippen LogP) is 2.03. The van der Waals surface area contributed by atoms with Gasteiger partial charge in [0.05, 0.1) is 17.0 Å². The van der Waals surface area contributed by atoms with Gasteiger partial charge >= 0.3 is 0 Å². The molecular formula is C24H27FN4O4. The molecule has 9 heteroatoms. The van der Waals surface area contributed by atoms with Crippen LogP contribution >= 0.6 is 0 Å². The van der Waals surface area contributed by atoms with Crippen molar-refractivity contribution in [2.75, 3.05) is 19.6 Å². The molecule has 2 aliphatic rings. The van der Waals surface area contributed by atoms with Gasteiger partial charge in [-0.2, -0.15) is 0 Å². The number of hydrogen-bond donors (Lipinski definition) is 2. The van der Waals surface area contributed by atoms with E-state index in [1.807, 2.05) is 0 Å². The van der Waals surface area contributed by atoms with Crippen molar-refractivity contribution in [2.24, 2.45) is 17.3 Å². The van der Waals surface area contributed by atoms with Gasteiger partial charge in [0.15, 0.2) is 0 Å². The van der Waals surface area contributed by atoms with E-state index in [4.69, 9.17) is 0 Å². The third-order valence-electron chi connectivity index (χ3n) is 6.79. The maximum absolute atomic E-state index is 13.6. The van der Waals surface area contributed by atoms with Crippen LogP contribution in [0, 0.1) is 23.1 Å². The van der Waals surface area contributed by atoms with Gasteiger partial charge in [0.1, 0.15) is 5.82 Å². The van der Waals surface area contributed by atoms with Crippen molar-refractivity contribution in [1.29, 1.82) is 0 Å². The lowest BCUT2D eigenvalue weighted by molar-refractivity contribution is -0.129. The Morgan fingerprint density at radius 3 is 2.79 bits per heavy atom. The number of halogens is 1. The fraction of sp³-hybridized carbons (Fsp3) is 0.458. The summed E-state index contributed by atoms with van der Waals surface area (Å²) in [4.78, 5) is 54.6. The van der Waals surface area contributed by atoms with Crippen LogP contribution in [0.1, 0.15) is 43.5 Å². The SMILES string of the molecule is CC1(C)CCN(C(=O)c2cnc3ccc(F)cc3c2)CC1CNC(=O)CC1CC(=O)NC1=O. The molecule has 2 atom stereocenters. The molecule has 1 aromatic carbocycles. The summed E-state index contributed by atoms with van der Waals surface area (Å²) in [6.07, 6.45) is 2.27. The quantitative estimate of drug-likeness (QED) is 0.672. The van der Waals surface area contributed by atoms with Crippen molar-refractivity contribution in [2.45, 2.75) is 33.1 Å². The lowest BCUT2D eigenvalue weighted by atomic mass is 9.73. The Kier molecular flexibility index (Phi) is 6.14. The maximum atomic E-state index is 13.6. The molecule has 33 heavy (non-hydrogen) atoms. The Morgan fingerprint density at radius 2 is 2.06 bits per heavy atom. The summed E-state index contributed by atoms with van der Waals surface area (Å²) in [5.41, 5.74) is 0.911. The molecular weight excluding hydrogens is 427 g/mol. The Bertz CT molecular complexity index is 1130. The molecule has 4 rings (SSSR count). The summed E-state index contributed by atoms with van der Waals surface area (Å²) < 4.78 is 13.6. The molecule has 8 nitrogen and oxygen atoms in total. The summed E-state index contributed by atoms with van der Waals surface area (Å²) >= 11 is 0.